The van der Waals surface area contributed by atoms with Crippen molar-refractivity contribution in [2.24, 2.45) is 0 Å². The van der Waals surface area contributed by atoms with Crippen LogP contribution in [0.1, 0.15) is 23.5 Å². The first-order valence-corrected chi connectivity index (χ1v) is 6.77. The number of benzene rings is 2. The Balaban J connectivity index is 1.78. The third-order valence-electron chi connectivity index (χ3n) is 3.90. The van der Waals surface area contributed by atoms with Crippen molar-refractivity contribution in [3.63, 3.8) is 0 Å². The van der Waals surface area contributed by atoms with E-state index in [0.717, 1.165) is 25.2 Å². The molecule has 3 heteroatoms. The van der Waals surface area contributed by atoms with E-state index in [-0.39, 0.29) is 5.56 Å². The summed E-state index contributed by atoms with van der Waals surface area (Å²) in [5.41, 5.74) is 2.30. The highest BCUT2D eigenvalue weighted by molar-refractivity contribution is 5.52. The molecule has 1 atom stereocenters. The Bertz CT molecular complexity index is 646. The van der Waals surface area contributed by atoms with Gasteiger partial charge in [-0.2, -0.15) is 5.26 Å². The summed E-state index contributed by atoms with van der Waals surface area (Å²) in [5.74, 6) is 0.0584. The lowest BCUT2D eigenvalue weighted by Crippen LogP contribution is -2.19. The average molecular weight is 266 g/mol. The van der Waals surface area contributed by atoms with E-state index in [1.807, 2.05) is 18.2 Å². The van der Waals surface area contributed by atoms with E-state index in [9.17, 15) is 4.39 Å². The van der Waals surface area contributed by atoms with Crippen molar-refractivity contribution in [2.45, 2.75) is 12.3 Å². The van der Waals surface area contributed by atoms with Gasteiger partial charge in [-0.15, -0.1) is 0 Å². The summed E-state index contributed by atoms with van der Waals surface area (Å²) in [6, 6.07) is 17.1. The summed E-state index contributed by atoms with van der Waals surface area (Å²) in [4.78, 5) is 2.18. The number of rotatable bonds is 2. The summed E-state index contributed by atoms with van der Waals surface area (Å²) < 4.78 is 13.7. The van der Waals surface area contributed by atoms with Crippen molar-refractivity contribution < 1.29 is 4.39 Å². The number of nitrogens with zero attached hydrogens (tertiary/aromatic N) is 2. The molecule has 0 N–H and O–H groups in total. The second kappa shape index (κ2) is 5.34. The van der Waals surface area contributed by atoms with E-state index < -0.39 is 5.82 Å². The van der Waals surface area contributed by atoms with Gasteiger partial charge in [0.25, 0.3) is 0 Å². The third-order valence-corrected chi connectivity index (χ3v) is 3.90. The van der Waals surface area contributed by atoms with Crippen LogP contribution in [-0.2, 0) is 0 Å². The number of anilines is 1. The summed E-state index contributed by atoms with van der Waals surface area (Å²) in [6.45, 7) is 1.82. The molecular weight excluding hydrogens is 251 g/mol. The molecule has 1 unspecified atom stereocenters. The summed E-state index contributed by atoms with van der Waals surface area (Å²) in [6.07, 6.45) is 1.08. The normalized spacial score (nSPS) is 18.0. The molecule has 0 bridgehead atoms. The molecule has 0 spiro atoms. The van der Waals surface area contributed by atoms with Gasteiger partial charge in [-0.1, -0.05) is 30.3 Å². The molecule has 0 aliphatic carbocycles. The largest absolute Gasteiger partial charge is 0.371 e. The predicted octanol–water partition coefficient (Wildman–Crippen LogP) is 3.69. The molecule has 1 aliphatic rings. The zero-order chi connectivity index (χ0) is 13.9. The molecule has 1 fully saturated rings. The van der Waals surface area contributed by atoms with Crippen LogP contribution in [-0.4, -0.2) is 13.1 Å². The molecule has 0 aromatic heterocycles. The maximum absolute atomic E-state index is 13.7. The number of hydrogen-bond donors (Lipinski definition) is 0. The second-order valence-electron chi connectivity index (χ2n) is 5.12. The average Bonchev–Trinajstić information content (AvgIpc) is 2.98. The topological polar surface area (TPSA) is 27.0 Å². The Morgan fingerprint density at radius 1 is 1.15 bits per heavy atom. The van der Waals surface area contributed by atoms with Crippen LogP contribution in [0.2, 0.25) is 0 Å². The van der Waals surface area contributed by atoms with E-state index >= 15 is 0 Å². The lowest BCUT2D eigenvalue weighted by atomic mass is 9.99. The van der Waals surface area contributed by atoms with Crippen molar-refractivity contribution >= 4 is 5.69 Å². The predicted molar refractivity (Wildman–Crippen MR) is 77.1 cm³/mol. The molecule has 20 heavy (non-hydrogen) atoms. The summed E-state index contributed by atoms with van der Waals surface area (Å²) in [5, 5.41) is 8.76. The van der Waals surface area contributed by atoms with Gasteiger partial charge in [-0.3, -0.25) is 0 Å². The lowest BCUT2D eigenvalue weighted by molar-refractivity contribution is 0.623. The van der Waals surface area contributed by atoms with Gasteiger partial charge in [0.1, 0.15) is 11.9 Å². The van der Waals surface area contributed by atoms with E-state index in [1.54, 1.807) is 6.07 Å². The zero-order valence-electron chi connectivity index (χ0n) is 11.1. The quantitative estimate of drug-likeness (QED) is 0.829. The van der Waals surface area contributed by atoms with E-state index in [4.69, 9.17) is 5.26 Å². The molecule has 2 aromatic rings. The van der Waals surface area contributed by atoms with E-state index in [1.165, 1.54) is 11.6 Å². The first-order valence-electron chi connectivity index (χ1n) is 6.77. The highest BCUT2D eigenvalue weighted by Crippen LogP contribution is 2.31. The van der Waals surface area contributed by atoms with Gasteiger partial charge in [-0.25, -0.2) is 4.39 Å². The van der Waals surface area contributed by atoms with Crippen molar-refractivity contribution in [2.75, 3.05) is 18.0 Å². The number of halogens is 1. The Labute approximate surface area is 118 Å². The first-order chi connectivity index (χ1) is 9.78. The second-order valence-corrected chi connectivity index (χ2v) is 5.12. The Morgan fingerprint density at radius 2 is 1.95 bits per heavy atom. The number of nitriles is 1. The standard InChI is InChI=1S/C17H15FN2/c18-17-10-16(7-6-14(17)11-19)20-9-8-15(12-20)13-4-2-1-3-5-13/h1-7,10,15H,8-9,12H2. The SMILES string of the molecule is N#Cc1ccc(N2CCC(c3ccccc3)C2)cc1F. The highest BCUT2D eigenvalue weighted by Gasteiger charge is 2.24. The minimum Gasteiger partial charge on any atom is -0.371 e. The smallest absolute Gasteiger partial charge is 0.143 e. The van der Waals surface area contributed by atoms with Crippen LogP contribution in [0, 0.1) is 17.1 Å². The maximum atomic E-state index is 13.7. The van der Waals surface area contributed by atoms with Crippen LogP contribution in [0.3, 0.4) is 0 Å². The first kappa shape index (κ1) is 12.7. The molecule has 0 saturated carbocycles. The molecule has 1 saturated heterocycles. The van der Waals surface area contributed by atoms with Crippen LogP contribution in [0.4, 0.5) is 10.1 Å². The van der Waals surface area contributed by atoms with Crippen molar-refractivity contribution in [3.8, 4) is 6.07 Å². The summed E-state index contributed by atoms with van der Waals surface area (Å²) >= 11 is 0. The maximum Gasteiger partial charge on any atom is 0.143 e. The van der Waals surface area contributed by atoms with E-state index in [0.29, 0.717) is 5.92 Å². The van der Waals surface area contributed by atoms with Gasteiger partial charge in [0, 0.05) is 24.7 Å². The molecule has 100 valence electrons. The van der Waals surface area contributed by atoms with Crippen molar-refractivity contribution in [1.29, 1.82) is 5.26 Å². The highest BCUT2D eigenvalue weighted by atomic mass is 19.1. The number of hydrogen-bond acceptors (Lipinski definition) is 2. The van der Waals surface area contributed by atoms with E-state index in [2.05, 4.69) is 29.2 Å². The molecule has 1 heterocycles. The van der Waals surface area contributed by atoms with Crippen LogP contribution < -0.4 is 4.90 Å². The van der Waals surface area contributed by atoms with Gasteiger partial charge in [-0.05, 0) is 30.2 Å². The van der Waals surface area contributed by atoms with Gasteiger partial charge in [0.05, 0.1) is 5.56 Å². The minimum atomic E-state index is -0.437. The van der Waals surface area contributed by atoms with Crippen molar-refractivity contribution in [1.82, 2.24) is 0 Å². The summed E-state index contributed by atoms with van der Waals surface area (Å²) in [7, 11) is 0. The monoisotopic (exact) mass is 266 g/mol. The van der Waals surface area contributed by atoms with Crippen LogP contribution in [0.5, 0.6) is 0 Å². The molecule has 0 amide bonds. The molecule has 0 radical (unpaired) electrons. The minimum absolute atomic E-state index is 0.104. The lowest BCUT2D eigenvalue weighted by Gasteiger charge is -2.19. The van der Waals surface area contributed by atoms with Crippen LogP contribution >= 0.6 is 0 Å². The van der Waals surface area contributed by atoms with Crippen molar-refractivity contribution in [3.05, 3.63) is 65.5 Å². The fraction of sp³-hybridized carbons (Fsp3) is 0.235. The molecule has 2 aromatic carbocycles. The Hall–Kier alpha value is -2.34. The van der Waals surface area contributed by atoms with Gasteiger partial charge >= 0.3 is 0 Å². The Kier molecular flexibility index (Phi) is 3.39. The van der Waals surface area contributed by atoms with Crippen LogP contribution in [0.15, 0.2) is 48.5 Å². The molecule has 3 rings (SSSR count). The fourth-order valence-corrected chi connectivity index (χ4v) is 2.78. The van der Waals surface area contributed by atoms with Crippen LogP contribution in [0.25, 0.3) is 0 Å². The molecular formula is C17H15FN2. The molecule has 2 nitrogen and oxygen atoms in total. The van der Waals surface area contributed by atoms with Gasteiger partial charge in [0.15, 0.2) is 0 Å². The van der Waals surface area contributed by atoms with Gasteiger partial charge < -0.3 is 4.90 Å². The zero-order valence-corrected chi connectivity index (χ0v) is 11.1. The van der Waals surface area contributed by atoms with Gasteiger partial charge in [0.2, 0.25) is 0 Å². The molecule has 1 aliphatic heterocycles. The fourth-order valence-electron chi connectivity index (χ4n) is 2.78. The third kappa shape index (κ3) is 2.37. The Morgan fingerprint density at radius 3 is 2.65 bits per heavy atom.